The summed E-state index contributed by atoms with van der Waals surface area (Å²) >= 11 is 0. The van der Waals surface area contributed by atoms with Crippen LogP contribution < -0.4 is 26.6 Å². The Morgan fingerprint density at radius 1 is 0.622 bits per heavy atom. The maximum absolute atomic E-state index is 13.1. The number of hydrogen-bond acceptors (Lipinski definition) is 6. The van der Waals surface area contributed by atoms with Gasteiger partial charge in [0, 0.05) is 59.5 Å². The van der Waals surface area contributed by atoms with Crippen LogP contribution in [-0.4, -0.2) is 80.4 Å². The van der Waals surface area contributed by atoms with Crippen LogP contribution in [0.2, 0.25) is 0 Å². The molecule has 0 aliphatic rings. The molecular formula is C30H38N10O5. The van der Waals surface area contributed by atoms with E-state index in [2.05, 4.69) is 26.6 Å². The topological polar surface area (TPSA) is 168 Å². The van der Waals surface area contributed by atoms with Crippen molar-refractivity contribution in [1.29, 1.82) is 0 Å². The Morgan fingerprint density at radius 2 is 0.978 bits per heavy atom. The molecule has 0 aromatic carbocycles. The lowest BCUT2D eigenvalue weighted by atomic mass is 10.3. The highest BCUT2D eigenvalue weighted by atomic mass is 16.2. The molecule has 15 nitrogen and oxygen atoms in total. The number of carbonyl (C=O) groups excluding carboxylic acids is 5. The van der Waals surface area contributed by atoms with Gasteiger partial charge in [-0.2, -0.15) is 0 Å². The minimum atomic E-state index is -0.448. The Bertz CT molecular complexity index is 1740. The van der Waals surface area contributed by atoms with E-state index in [0.717, 1.165) is 13.0 Å². The first-order valence-electron chi connectivity index (χ1n) is 14.1. The maximum Gasteiger partial charge on any atom is 0.272 e. The molecule has 5 amide bonds. The van der Waals surface area contributed by atoms with Crippen LogP contribution in [-0.2, 0) is 33.0 Å². The normalized spacial score (nSPS) is 10.9. The Labute approximate surface area is 260 Å². The molecule has 4 aromatic rings. The molecule has 0 fully saturated rings. The van der Waals surface area contributed by atoms with Gasteiger partial charge in [-0.3, -0.25) is 24.0 Å². The molecule has 0 aliphatic heterocycles. The van der Waals surface area contributed by atoms with Crippen molar-refractivity contribution in [3.63, 3.8) is 0 Å². The van der Waals surface area contributed by atoms with Gasteiger partial charge in [0.15, 0.2) is 0 Å². The maximum atomic E-state index is 13.1. The minimum Gasteiger partial charge on any atom is -0.351 e. The van der Waals surface area contributed by atoms with Gasteiger partial charge in [-0.05, 0) is 51.3 Å². The van der Waals surface area contributed by atoms with E-state index in [0.29, 0.717) is 47.1 Å². The molecule has 4 heterocycles. The zero-order valence-electron chi connectivity index (χ0n) is 26.1. The summed E-state index contributed by atoms with van der Waals surface area (Å²) < 4.78 is 6.36. The molecule has 0 saturated heterocycles. The molecular weight excluding hydrogens is 580 g/mol. The fourth-order valence-electron chi connectivity index (χ4n) is 4.79. The zero-order chi connectivity index (χ0) is 32.8. The number of rotatable bonds is 13. The van der Waals surface area contributed by atoms with Gasteiger partial charge in [-0.1, -0.05) is 0 Å². The number of hydrogen-bond donors (Lipinski definition) is 5. The molecule has 4 aromatic heterocycles. The average Bonchev–Trinajstić information content (AvgIpc) is 3.72. The Balaban J connectivity index is 1.37. The summed E-state index contributed by atoms with van der Waals surface area (Å²) in [6.07, 6.45) is 7.81. The standard InChI is InChI=1S/C30H38N10O5/c1-36(2)9-7-8-31-27(42)23-11-20(15-38(23)4)33-29(44)25-13-22(17-40(25)6)35-30(45)26-12-21(16-39(26)5)34-28(43)24-10-19(32-18-41)14-37(24)3/h10-18H,7-9H2,1-6H3,(H,31,42)(H,32,41)(H,33,44)(H,34,43)(H,35,45). The van der Waals surface area contributed by atoms with Gasteiger partial charge >= 0.3 is 0 Å². The molecule has 0 aliphatic carbocycles. The number of amides is 5. The van der Waals surface area contributed by atoms with Crippen molar-refractivity contribution < 1.29 is 24.0 Å². The number of anilines is 4. The molecule has 5 N–H and O–H groups in total. The second-order valence-corrected chi connectivity index (χ2v) is 10.9. The van der Waals surface area contributed by atoms with Crippen LogP contribution in [0.25, 0.3) is 0 Å². The second kappa shape index (κ2) is 13.8. The van der Waals surface area contributed by atoms with Crippen molar-refractivity contribution >= 4 is 52.8 Å². The minimum absolute atomic E-state index is 0.231. The summed E-state index contributed by atoms with van der Waals surface area (Å²) in [6.45, 7) is 1.40. The number of aromatic nitrogens is 4. The summed E-state index contributed by atoms with van der Waals surface area (Å²) in [5.41, 5.74) is 3.01. The molecule has 0 spiro atoms. The van der Waals surface area contributed by atoms with Crippen molar-refractivity contribution in [3.05, 3.63) is 71.8 Å². The third-order valence-electron chi connectivity index (χ3n) is 7.02. The summed E-state index contributed by atoms with van der Waals surface area (Å²) in [7, 11) is 10.7. The zero-order valence-corrected chi connectivity index (χ0v) is 26.1. The molecule has 238 valence electrons. The number of aryl methyl sites for hydroxylation is 4. The van der Waals surface area contributed by atoms with Crippen molar-refractivity contribution in [3.8, 4) is 0 Å². The quantitative estimate of drug-likeness (QED) is 0.114. The SMILES string of the molecule is CN(C)CCCNC(=O)c1cc(NC(=O)c2cc(NC(=O)c3cc(NC(=O)c4cc(NC=O)cn4C)cn3C)cn2C)cn1C. The Morgan fingerprint density at radius 3 is 1.36 bits per heavy atom. The third-order valence-corrected chi connectivity index (χ3v) is 7.02. The first kappa shape index (κ1) is 32.3. The highest BCUT2D eigenvalue weighted by Gasteiger charge is 2.20. The molecule has 45 heavy (non-hydrogen) atoms. The fraction of sp³-hybridized carbons (Fsp3) is 0.300. The molecule has 0 atom stereocenters. The van der Waals surface area contributed by atoms with Crippen molar-refractivity contribution in [2.75, 3.05) is 48.5 Å². The first-order chi connectivity index (χ1) is 21.4. The fourth-order valence-corrected chi connectivity index (χ4v) is 4.79. The van der Waals surface area contributed by atoms with Crippen LogP contribution in [0.1, 0.15) is 48.4 Å². The number of nitrogens with one attached hydrogen (secondary N) is 5. The van der Waals surface area contributed by atoms with Crippen LogP contribution in [0.3, 0.4) is 0 Å². The van der Waals surface area contributed by atoms with E-state index in [1.807, 2.05) is 19.0 Å². The summed E-state index contributed by atoms with van der Waals surface area (Å²) in [5.74, 6) is -1.52. The molecule has 4 rings (SSSR count). The largest absolute Gasteiger partial charge is 0.351 e. The summed E-state index contributed by atoms with van der Waals surface area (Å²) in [5, 5.41) is 13.7. The molecule has 0 bridgehead atoms. The highest BCUT2D eigenvalue weighted by Crippen LogP contribution is 2.21. The predicted molar refractivity (Wildman–Crippen MR) is 171 cm³/mol. The molecule has 0 saturated carbocycles. The lowest BCUT2D eigenvalue weighted by Crippen LogP contribution is -2.28. The van der Waals surface area contributed by atoms with Gasteiger partial charge in [0.2, 0.25) is 6.41 Å². The molecule has 0 unspecified atom stereocenters. The van der Waals surface area contributed by atoms with Crippen LogP contribution >= 0.6 is 0 Å². The Kier molecular flexibility index (Phi) is 9.93. The highest BCUT2D eigenvalue weighted by molar-refractivity contribution is 6.08. The Hall–Kier alpha value is -5.57. The van der Waals surface area contributed by atoms with Gasteiger partial charge in [-0.25, -0.2) is 0 Å². The van der Waals surface area contributed by atoms with E-state index in [-0.39, 0.29) is 17.3 Å². The molecule has 15 heteroatoms. The van der Waals surface area contributed by atoms with Crippen LogP contribution in [0.4, 0.5) is 22.7 Å². The van der Waals surface area contributed by atoms with Crippen LogP contribution in [0, 0.1) is 0 Å². The third kappa shape index (κ3) is 7.88. The number of nitrogens with zero attached hydrogens (tertiary/aromatic N) is 5. The monoisotopic (exact) mass is 618 g/mol. The van der Waals surface area contributed by atoms with E-state index >= 15 is 0 Å². The van der Waals surface area contributed by atoms with Crippen LogP contribution in [0.5, 0.6) is 0 Å². The van der Waals surface area contributed by atoms with Crippen molar-refractivity contribution in [2.45, 2.75) is 6.42 Å². The van der Waals surface area contributed by atoms with E-state index in [4.69, 9.17) is 0 Å². The van der Waals surface area contributed by atoms with Crippen molar-refractivity contribution in [1.82, 2.24) is 28.5 Å². The number of carbonyl (C=O) groups is 5. The van der Waals surface area contributed by atoms with Crippen LogP contribution in [0.15, 0.2) is 49.1 Å². The van der Waals surface area contributed by atoms with E-state index in [9.17, 15) is 24.0 Å². The average molecular weight is 619 g/mol. The van der Waals surface area contributed by atoms with Gasteiger partial charge in [0.25, 0.3) is 23.6 Å². The second-order valence-electron chi connectivity index (χ2n) is 10.9. The molecule has 0 radical (unpaired) electrons. The van der Waals surface area contributed by atoms with Gasteiger partial charge in [-0.15, -0.1) is 0 Å². The summed E-state index contributed by atoms with van der Waals surface area (Å²) in [4.78, 5) is 64.3. The van der Waals surface area contributed by atoms with Crippen molar-refractivity contribution in [2.24, 2.45) is 28.2 Å². The lowest BCUT2D eigenvalue weighted by Gasteiger charge is -2.10. The lowest BCUT2D eigenvalue weighted by molar-refractivity contribution is -0.105. The van der Waals surface area contributed by atoms with Gasteiger partial charge < -0.3 is 49.8 Å². The summed E-state index contributed by atoms with van der Waals surface area (Å²) in [6, 6.07) is 6.21. The predicted octanol–water partition coefficient (Wildman–Crippen LogP) is 2.05. The van der Waals surface area contributed by atoms with E-state index in [1.165, 1.54) is 12.1 Å². The first-order valence-corrected chi connectivity index (χ1v) is 14.1. The smallest absolute Gasteiger partial charge is 0.272 e. The van der Waals surface area contributed by atoms with E-state index in [1.54, 1.807) is 83.4 Å². The van der Waals surface area contributed by atoms with Gasteiger partial charge in [0.1, 0.15) is 22.8 Å². The van der Waals surface area contributed by atoms with E-state index < -0.39 is 17.7 Å². The van der Waals surface area contributed by atoms with Gasteiger partial charge in [0.05, 0.1) is 22.7 Å².